The lowest BCUT2D eigenvalue weighted by molar-refractivity contribution is -0.129. The summed E-state index contributed by atoms with van der Waals surface area (Å²) in [5, 5.41) is 8.68. The van der Waals surface area contributed by atoms with Gasteiger partial charge in [0.15, 0.2) is 5.16 Å². The molecule has 144 valence electrons. The first-order valence-corrected chi connectivity index (χ1v) is 10.2. The lowest BCUT2D eigenvalue weighted by Crippen LogP contribution is -2.31. The normalized spacial score (nSPS) is 14.8. The molecule has 7 heteroatoms. The Hall–Kier alpha value is -2.80. The minimum atomic E-state index is -0.364. The van der Waals surface area contributed by atoms with E-state index in [9.17, 15) is 4.79 Å². The van der Waals surface area contributed by atoms with Crippen LogP contribution in [-0.4, -0.2) is 45.8 Å². The van der Waals surface area contributed by atoms with Gasteiger partial charge >= 0.3 is 0 Å². The molecular weight excluding hydrogens is 372 g/mol. The van der Waals surface area contributed by atoms with Crippen LogP contribution in [0.1, 0.15) is 23.7 Å². The molecule has 1 atom stereocenters. The number of carbonyl (C=O) groups is 1. The first-order chi connectivity index (χ1) is 13.8. The van der Waals surface area contributed by atoms with Crippen LogP contribution in [0.15, 0.2) is 66.1 Å². The lowest BCUT2D eigenvalue weighted by atomic mass is 10.1. The highest BCUT2D eigenvalue weighted by Gasteiger charge is 2.30. The fraction of sp³-hybridized carbons (Fsp3) is 0.286. The molecule has 0 N–H and O–H groups in total. The highest BCUT2D eigenvalue weighted by Crippen LogP contribution is 2.38. The van der Waals surface area contributed by atoms with Crippen LogP contribution in [0.3, 0.4) is 0 Å². The summed E-state index contributed by atoms with van der Waals surface area (Å²) in [5.74, 6) is 0.856. The molecule has 0 bridgehead atoms. The van der Waals surface area contributed by atoms with E-state index in [1.807, 2.05) is 64.1 Å². The second-order valence-corrected chi connectivity index (χ2v) is 7.67. The van der Waals surface area contributed by atoms with Crippen molar-refractivity contribution in [1.82, 2.24) is 19.7 Å². The fourth-order valence-electron chi connectivity index (χ4n) is 3.40. The molecule has 1 aliphatic rings. The summed E-state index contributed by atoms with van der Waals surface area (Å²) >= 11 is 1.43. The Morgan fingerprint density at radius 3 is 2.54 bits per heavy atom. The molecule has 1 aliphatic heterocycles. The summed E-state index contributed by atoms with van der Waals surface area (Å²) in [4.78, 5) is 15.2. The van der Waals surface area contributed by atoms with E-state index in [1.54, 1.807) is 13.4 Å². The minimum absolute atomic E-state index is 0.128. The molecule has 0 radical (unpaired) electrons. The van der Waals surface area contributed by atoms with Crippen LogP contribution < -0.4 is 4.74 Å². The Bertz CT molecular complexity index is 938. The van der Waals surface area contributed by atoms with Crippen LogP contribution in [0.5, 0.6) is 5.75 Å². The zero-order valence-electron chi connectivity index (χ0n) is 15.7. The van der Waals surface area contributed by atoms with Crippen molar-refractivity contribution in [3.05, 3.63) is 66.5 Å². The summed E-state index contributed by atoms with van der Waals surface area (Å²) in [5.41, 5.74) is 1.82. The molecule has 28 heavy (non-hydrogen) atoms. The number of nitrogens with zero attached hydrogens (tertiary/aromatic N) is 4. The van der Waals surface area contributed by atoms with E-state index in [1.165, 1.54) is 11.8 Å². The van der Waals surface area contributed by atoms with Crippen molar-refractivity contribution >= 4 is 17.7 Å². The molecule has 2 aromatic carbocycles. The summed E-state index contributed by atoms with van der Waals surface area (Å²) in [7, 11) is 1.64. The lowest BCUT2D eigenvalue weighted by Gasteiger charge is -2.23. The third kappa shape index (κ3) is 3.75. The number of benzene rings is 2. The molecule has 6 nitrogen and oxygen atoms in total. The van der Waals surface area contributed by atoms with Crippen molar-refractivity contribution < 1.29 is 9.53 Å². The summed E-state index contributed by atoms with van der Waals surface area (Å²) < 4.78 is 7.35. The van der Waals surface area contributed by atoms with Crippen molar-refractivity contribution in [2.45, 2.75) is 23.2 Å². The van der Waals surface area contributed by atoms with E-state index in [0.29, 0.717) is 5.16 Å². The monoisotopic (exact) mass is 394 g/mol. The predicted molar refractivity (Wildman–Crippen MR) is 109 cm³/mol. The van der Waals surface area contributed by atoms with Gasteiger partial charge in [0, 0.05) is 13.1 Å². The SMILES string of the molecule is COc1ccccc1-n1cnnc1SC(C(=O)N1CCCC1)c1ccccc1. The van der Waals surface area contributed by atoms with Gasteiger partial charge in [-0.3, -0.25) is 9.36 Å². The maximum atomic E-state index is 13.3. The number of hydrogen-bond acceptors (Lipinski definition) is 5. The van der Waals surface area contributed by atoms with Gasteiger partial charge in [-0.15, -0.1) is 10.2 Å². The summed E-state index contributed by atoms with van der Waals surface area (Å²) in [6, 6.07) is 17.6. The van der Waals surface area contributed by atoms with Crippen LogP contribution in [0, 0.1) is 0 Å². The number of ether oxygens (including phenoxy) is 1. The molecule has 3 aromatic rings. The Morgan fingerprint density at radius 2 is 1.79 bits per heavy atom. The maximum absolute atomic E-state index is 13.3. The van der Waals surface area contributed by atoms with Crippen molar-refractivity contribution in [2.75, 3.05) is 20.2 Å². The maximum Gasteiger partial charge on any atom is 0.240 e. The van der Waals surface area contributed by atoms with Gasteiger partial charge in [-0.2, -0.15) is 0 Å². The topological polar surface area (TPSA) is 60.2 Å². The second kappa shape index (κ2) is 8.48. The minimum Gasteiger partial charge on any atom is -0.495 e. The molecule has 1 saturated heterocycles. The standard InChI is InChI=1S/C21H22N4O2S/c1-27-18-12-6-5-11-17(18)25-15-22-23-21(25)28-19(16-9-3-2-4-10-16)20(26)24-13-7-8-14-24/h2-6,9-12,15,19H,7-8,13-14H2,1H3. The summed E-state index contributed by atoms with van der Waals surface area (Å²) in [6.07, 6.45) is 3.78. The van der Waals surface area contributed by atoms with Gasteiger partial charge in [-0.05, 0) is 30.5 Å². The highest BCUT2D eigenvalue weighted by atomic mass is 32.2. The van der Waals surface area contributed by atoms with Crippen molar-refractivity contribution in [3.63, 3.8) is 0 Å². The van der Waals surface area contributed by atoms with Crippen LogP contribution >= 0.6 is 11.8 Å². The van der Waals surface area contributed by atoms with E-state index in [4.69, 9.17) is 4.74 Å². The van der Waals surface area contributed by atoms with Crippen LogP contribution in [0.2, 0.25) is 0 Å². The Kier molecular flexibility index (Phi) is 5.62. The number of hydrogen-bond donors (Lipinski definition) is 0. The third-order valence-corrected chi connectivity index (χ3v) is 6.03. The van der Waals surface area contributed by atoms with Gasteiger partial charge in [0.1, 0.15) is 17.3 Å². The van der Waals surface area contributed by atoms with Crippen LogP contribution in [0.25, 0.3) is 5.69 Å². The highest BCUT2D eigenvalue weighted by molar-refractivity contribution is 8.00. The predicted octanol–water partition coefficient (Wildman–Crippen LogP) is 3.73. The molecule has 0 spiro atoms. The number of likely N-dealkylation sites (tertiary alicyclic amines) is 1. The van der Waals surface area contributed by atoms with E-state index in [0.717, 1.165) is 42.9 Å². The zero-order valence-corrected chi connectivity index (χ0v) is 16.5. The smallest absolute Gasteiger partial charge is 0.240 e. The van der Waals surface area contributed by atoms with Gasteiger partial charge in [0.25, 0.3) is 0 Å². The van der Waals surface area contributed by atoms with E-state index in [-0.39, 0.29) is 11.2 Å². The number of amides is 1. The average Bonchev–Trinajstić information content (AvgIpc) is 3.44. The summed E-state index contributed by atoms with van der Waals surface area (Å²) in [6.45, 7) is 1.64. The molecule has 0 saturated carbocycles. The number of methoxy groups -OCH3 is 1. The second-order valence-electron chi connectivity index (χ2n) is 6.60. The van der Waals surface area contributed by atoms with Crippen molar-refractivity contribution in [3.8, 4) is 11.4 Å². The van der Waals surface area contributed by atoms with Gasteiger partial charge in [-0.1, -0.05) is 54.2 Å². The quantitative estimate of drug-likeness (QED) is 0.596. The Balaban J connectivity index is 1.68. The van der Waals surface area contributed by atoms with Crippen LogP contribution in [0.4, 0.5) is 0 Å². The molecular formula is C21H22N4O2S. The first kappa shape index (κ1) is 18.6. The van der Waals surface area contributed by atoms with E-state index in [2.05, 4.69) is 10.2 Å². The Morgan fingerprint density at radius 1 is 1.07 bits per heavy atom. The van der Waals surface area contributed by atoms with Crippen molar-refractivity contribution in [1.29, 1.82) is 0 Å². The van der Waals surface area contributed by atoms with E-state index >= 15 is 0 Å². The van der Waals surface area contributed by atoms with Gasteiger partial charge in [0.05, 0.1) is 12.8 Å². The van der Waals surface area contributed by atoms with Gasteiger partial charge in [0.2, 0.25) is 5.91 Å². The van der Waals surface area contributed by atoms with Crippen LogP contribution in [-0.2, 0) is 4.79 Å². The van der Waals surface area contributed by atoms with Gasteiger partial charge < -0.3 is 9.64 Å². The zero-order chi connectivity index (χ0) is 19.3. The average molecular weight is 395 g/mol. The number of carbonyl (C=O) groups excluding carboxylic acids is 1. The molecule has 1 fully saturated rings. The van der Waals surface area contributed by atoms with E-state index < -0.39 is 0 Å². The molecule has 1 aromatic heterocycles. The molecule has 2 heterocycles. The molecule has 0 aliphatic carbocycles. The van der Waals surface area contributed by atoms with Crippen molar-refractivity contribution in [2.24, 2.45) is 0 Å². The largest absolute Gasteiger partial charge is 0.495 e. The first-order valence-electron chi connectivity index (χ1n) is 9.31. The molecule has 1 amide bonds. The number of rotatable bonds is 6. The number of aromatic nitrogens is 3. The molecule has 4 rings (SSSR count). The third-order valence-electron chi connectivity index (χ3n) is 4.83. The fourth-order valence-corrected chi connectivity index (χ4v) is 4.50. The van der Waals surface area contributed by atoms with Gasteiger partial charge in [-0.25, -0.2) is 0 Å². The Labute approximate surface area is 168 Å². The molecule has 1 unspecified atom stereocenters. The number of thioether (sulfide) groups is 1. The number of para-hydroxylation sites is 2.